The third-order valence-electron chi connectivity index (χ3n) is 3.20. The fourth-order valence-corrected chi connectivity index (χ4v) is 2.02. The summed E-state index contributed by atoms with van der Waals surface area (Å²) in [5, 5.41) is 8.78. The monoisotopic (exact) mass is 281 g/mol. The number of nitriles is 1. The van der Waals surface area contributed by atoms with Crippen LogP contribution >= 0.6 is 0 Å². The topological polar surface area (TPSA) is 62.3 Å². The van der Waals surface area contributed by atoms with E-state index in [4.69, 9.17) is 15.7 Å². The molecule has 0 amide bonds. The largest absolute Gasteiger partial charge is 0.493 e. The zero-order chi connectivity index (χ0) is 15.1. The molecule has 2 rings (SSSR count). The van der Waals surface area contributed by atoms with Crippen LogP contribution in [0.4, 0.5) is 11.4 Å². The number of anilines is 2. The summed E-state index contributed by atoms with van der Waals surface area (Å²) < 4.78 is 5.66. The number of benzene rings is 2. The van der Waals surface area contributed by atoms with Crippen LogP contribution in [0.5, 0.6) is 5.75 Å². The summed E-state index contributed by atoms with van der Waals surface area (Å²) in [6, 6.07) is 17.1. The molecular formula is C17H19N3O. The van der Waals surface area contributed by atoms with Crippen LogP contribution in [-0.2, 0) is 0 Å². The lowest BCUT2D eigenvalue weighted by atomic mass is 10.2. The van der Waals surface area contributed by atoms with Gasteiger partial charge in [-0.05, 0) is 42.8 Å². The van der Waals surface area contributed by atoms with Crippen molar-refractivity contribution in [3.05, 3.63) is 54.1 Å². The lowest BCUT2D eigenvalue weighted by Gasteiger charge is -2.19. The molecule has 2 aromatic rings. The van der Waals surface area contributed by atoms with Crippen molar-refractivity contribution in [1.82, 2.24) is 0 Å². The first-order valence-corrected chi connectivity index (χ1v) is 6.88. The molecule has 0 aliphatic carbocycles. The molecule has 0 unspecified atom stereocenters. The van der Waals surface area contributed by atoms with Crippen molar-refractivity contribution in [1.29, 1.82) is 5.26 Å². The average molecular weight is 281 g/mol. The van der Waals surface area contributed by atoms with Crippen molar-refractivity contribution in [2.75, 3.05) is 30.8 Å². The van der Waals surface area contributed by atoms with Gasteiger partial charge in [-0.15, -0.1) is 0 Å². The highest BCUT2D eigenvalue weighted by atomic mass is 16.5. The van der Waals surface area contributed by atoms with Gasteiger partial charge < -0.3 is 15.4 Å². The smallest absolute Gasteiger partial charge is 0.121 e. The molecule has 0 bridgehead atoms. The summed E-state index contributed by atoms with van der Waals surface area (Å²) in [5.74, 6) is 0.802. The highest BCUT2D eigenvalue weighted by Crippen LogP contribution is 2.16. The molecule has 0 saturated carbocycles. The molecule has 0 aromatic heterocycles. The van der Waals surface area contributed by atoms with E-state index in [0.29, 0.717) is 17.9 Å². The van der Waals surface area contributed by atoms with Crippen LogP contribution in [0.2, 0.25) is 0 Å². The summed E-state index contributed by atoms with van der Waals surface area (Å²) in [6.45, 7) is 1.53. The molecule has 0 atom stereocenters. The fourth-order valence-electron chi connectivity index (χ4n) is 2.02. The quantitative estimate of drug-likeness (QED) is 0.653. The lowest BCUT2D eigenvalue weighted by Crippen LogP contribution is -2.20. The number of nitrogen functional groups attached to an aromatic ring is 1. The van der Waals surface area contributed by atoms with E-state index in [1.807, 2.05) is 55.6 Å². The maximum Gasteiger partial charge on any atom is 0.121 e. The van der Waals surface area contributed by atoms with E-state index in [2.05, 4.69) is 11.0 Å². The third-order valence-corrected chi connectivity index (χ3v) is 3.20. The van der Waals surface area contributed by atoms with E-state index in [-0.39, 0.29) is 0 Å². The Kier molecular flexibility index (Phi) is 5.05. The first-order chi connectivity index (χ1) is 10.2. The van der Waals surface area contributed by atoms with E-state index < -0.39 is 0 Å². The summed E-state index contributed by atoms with van der Waals surface area (Å²) in [6.07, 6.45) is 0.908. The maximum absolute atomic E-state index is 8.78. The number of nitrogens with zero attached hydrogens (tertiary/aromatic N) is 2. The van der Waals surface area contributed by atoms with Gasteiger partial charge in [0.05, 0.1) is 18.2 Å². The molecule has 0 radical (unpaired) electrons. The van der Waals surface area contributed by atoms with Gasteiger partial charge in [-0.25, -0.2) is 0 Å². The average Bonchev–Trinajstić information content (AvgIpc) is 2.51. The molecule has 0 spiro atoms. The second-order valence-electron chi connectivity index (χ2n) is 4.85. The van der Waals surface area contributed by atoms with Crippen LogP contribution in [0.25, 0.3) is 0 Å². The van der Waals surface area contributed by atoms with E-state index in [1.54, 1.807) is 0 Å². The highest BCUT2D eigenvalue weighted by Gasteiger charge is 2.01. The lowest BCUT2D eigenvalue weighted by molar-refractivity contribution is 0.313. The zero-order valence-electron chi connectivity index (χ0n) is 12.1. The van der Waals surface area contributed by atoms with E-state index in [0.717, 1.165) is 24.4 Å². The maximum atomic E-state index is 8.78. The second kappa shape index (κ2) is 7.20. The predicted octanol–water partition coefficient (Wildman–Crippen LogP) is 3.05. The normalized spacial score (nSPS) is 9.90. The van der Waals surface area contributed by atoms with E-state index in [1.165, 1.54) is 0 Å². The third kappa shape index (κ3) is 4.43. The Labute approximate surface area is 125 Å². The van der Waals surface area contributed by atoms with Gasteiger partial charge in [0.25, 0.3) is 0 Å². The Bertz CT molecular complexity index is 617. The number of hydrogen-bond donors (Lipinski definition) is 1. The minimum atomic E-state index is 0.643. The molecule has 4 heteroatoms. The Morgan fingerprint density at radius 1 is 1.19 bits per heavy atom. The van der Waals surface area contributed by atoms with Crippen LogP contribution in [0.1, 0.15) is 12.0 Å². The molecule has 0 aliphatic rings. The Morgan fingerprint density at radius 2 is 1.95 bits per heavy atom. The molecule has 2 aromatic carbocycles. The zero-order valence-corrected chi connectivity index (χ0v) is 12.1. The van der Waals surface area contributed by atoms with Gasteiger partial charge in [0, 0.05) is 31.0 Å². The van der Waals surface area contributed by atoms with Gasteiger partial charge in [-0.1, -0.05) is 6.07 Å². The van der Waals surface area contributed by atoms with Gasteiger partial charge >= 0.3 is 0 Å². The van der Waals surface area contributed by atoms with E-state index >= 15 is 0 Å². The molecule has 0 aliphatic heterocycles. The molecule has 21 heavy (non-hydrogen) atoms. The number of ether oxygens (including phenoxy) is 1. The molecule has 108 valence electrons. The predicted molar refractivity (Wildman–Crippen MR) is 85.4 cm³/mol. The Morgan fingerprint density at radius 3 is 2.62 bits per heavy atom. The SMILES string of the molecule is CN(CCCOc1cccc(N)c1)c1ccc(C#N)cc1. The standard InChI is InChI=1S/C17H19N3O/c1-20(16-8-6-14(13-18)7-9-16)10-3-11-21-17-5-2-4-15(19)12-17/h2,4-9,12H,3,10-11,19H2,1H3. The van der Waals surface area contributed by atoms with Crippen molar-refractivity contribution in [3.8, 4) is 11.8 Å². The summed E-state index contributed by atoms with van der Waals surface area (Å²) in [4.78, 5) is 2.14. The van der Waals surface area contributed by atoms with Crippen LogP contribution in [-0.4, -0.2) is 20.2 Å². The van der Waals surface area contributed by atoms with Crippen molar-refractivity contribution >= 4 is 11.4 Å². The fraction of sp³-hybridized carbons (Fsp3) is 0.235. The summed E-state index contributed by atoms with van der Waals surface area (Å²) in [5.41, 5.74) is 8.18. The van der Waals surface area contributed by atoms with Gasteiger partial charge in [-0.3, -0.25) is 0 Å². The van der Waals surface area contributed by atoms with Crippen molar-refractivity contribution < 1.29 is 4.74 Å². The van der Waals surface area contributed by atoms with Crippen molar-refractivity contribution in [2.24, 2.45) is 0 Å². The molecule has 2 N–H and O–H groups in total. The first kappa shape index (κ1) is 14.7. The molecule has 0 heterocycles. The highest BCUT2D eigenvalue weighted by molar-refractivity contribution is 5.49. The minimum absolute atomic E-state index is 0.643. The van der Waals surface area contributed by atoms with Crippen molar-refractivity contribution in [3.63, 3.8) is 0 Å². The molecule has 0 saturated heterocycles. The molecule has 0 fully saturated rings. The van der Waals surface area contributed by atoms with Gasteiger partial charge in [0.1, 0.15) is 5.75 Å². The number of nitrogens with two attached hydrogens (primary N) is 1. The summed E-state index contributed by atoms with van der Waals surface area (Å²) >= 11 is 0. The number of rotatable bonds is 6. The second-order valence-corrected chi connectivity index (χ2v) is 4.85. The summed E-state index contributed by atoms with van der Waals surface area (Å²) in [7, 11) is 2.03. The van der Waals surface area contributed by atoms with Gasteiger partial charge in [0.15, 0.2) is 0 Å². The molecular weight excluding hydrogens is 262 g/mol. The van der Waals surface area contributed by atoms with Crippen LogP contribution < -0.4 is 15.4 Å². The number of hydrogen-bond acceptors (Lipinski definition) is 4. The van der Waals surface area contributed by atoms with Crippen molar-refractivity contribution in [2.45, 2.75) is 6.42 Å². The Balaban J connectivity index is 1.76. The minimum Gasteiger partial charge on any atom is -0.493 e. The Hall–Kier alpha value is -2.67. The van der Waals surface area contributed by atoms with Crippen LogP contribution in [0, 0.1) is 11.3 Å². The molecule has 4 nitrogen and oxygen atoms in total. The first-order valence-electron chi connectivity index (χ1n) is 6.88. The van der Waals surface area contributed by atoms with Crippen LogP contribution in [0.15, 0.2) is 48.5 Å². The van der Waals surface area contributed by atoms with E-state index in [9.17, 15) is 0 Å². The van der Waals surface area contributed by atoms with Crippen LogP contribution in [0.3, 0.4) is 0 Å². The van der Waals surface area contributed by atoms with Gasteiger partial charge in [0.2, 0.25) is 0 Å². The van der Waals surface area contributed by atoms with Gasteiger partial charge in [-0.2, -0.15) is 5.26 Å².